The highest BCUT2D eigenvalue weighted by Gasteiger charge is 2.26. The molecule has 2 aromatic rings. The molecule has 0 unspecified atom stereocenters. The fourth-order valence-corrected chi connectivity index (χ4v) is 4.39. The quantitative estimate of drug-likeness (QED) is 0.617. The molecule has 164 valence electrons. The molecular weight excluding hydrogens is 416 g/mol. The Bertz CT molecular complexity index is 1060. The average Bonchev–Trinajstić information content (AvgIpc) is 2.81. The lowest BCUT2D eigenvalue weighted by Gasteiger charge is -2.32. The van der Waals surface area contributed by atoms with Gasteiger partial charge in [-0.2, -0.15) is 4.31 Å². The van der Waals surface area contributed by atoms with Crippen molar-refractivity contribution in [3.8, 4) is 11.5 Å². The zero-order valence-corrected chi connectivity index (χ0v) is 18.4. The number of piperazine rings is 1. The zero-order valence-electron chi connectivity index (χ0n) is 17.6. The molecule has 31 heavy (non-hydrogen) atoms. The molecule has 0 N–H and O–H groups in total. The van der Waals surface area contributed by atoms with Gasteiger partial charge in [-0.05, 0) is 35.9 Å². The number of amides is 1. The first-order chi connectivity index (χ1) is 14.9. The van der Waals surface area contributed by atoms with Gasteiger partial charge in [-0.3, -0.25) is 4.79 Å². The first-order valence-corrected chi connectivity index (χ1v) is 11.4. The third-order valence-electron chi connectivity index (χ3n) is 4.98. The Morgan fingerprint density at radius 2 is 1.65 bits per heavy atom. The molecule has 1 heterocycles. The third kappa shape index (κ3) is 5.96. The minimum Gasteiger partial charge on any atom is -0.497 e. The van der Waals surface area contributed by atoms with Gasteiger partial charge >= 0.3 is 0 Å². The second kappa shape index (κ2) is 10.3. The van der Waals surface area contributed by atoms with Crippen LogP contribution in [0.2, 0.25) is 0 Å². The lowest BCUT2D eigenvalue weighted by atomic mass is 10.1. The summed E-state index contributed by atoms with van der Waals surface area (Å²) in [6.07, 6.45) is 4.73. The molecule has 0 spiro atoms. The second-order valence-electron chi connectivity index (χ2n) is 6.92. The fraction of sp³-hybridized carbons (Fsp3) is 0.261. The van der Waals surface area contributed by atoms with Crippen LogP contribution < -0.4 is 9.47 Å². The van der Waals surface area contributed by atoms with E-state index in [-0.39, 0.29) is 19.0 Å². The van der Waals surface area contributed by atoms with Crippen molar-refractivity contribution >= 4 is 28.1 Å². The van der Waals surface area contributed by atoms with E-state index in [1.165, 1.54) is 15.8 Å². The molecule has 1 aliphatic rings. The maximum atomic E-state index is 12.6. The van der Waals surface area contributed by atoms with Crippen molar-refractivity contribution in [1.29, 1.82) is 0 Å². The molecule has 0 atom stereocenters. The molecule has 1 aliphatic heterocycles. The molecule has 2 aromatic carbocycles. The zero-order chi connectivity index (χ0) is 22.3. The number of sulfonamides is 1. The van der Waals surface area contributed by atoms with Crippen LogP contribution in [0.15, 0.2) is 60.0 Å². The van der Waals surface area contributed by atoms with Gasteiger partial charge in [-0.1, -0.05) is 30.3 Å². The smallest absolute Gasteiger partial charge is 0.246 e. The van der Waals surface area contributed by atoms with Gasteiger partial charge < -0.3 is 14.4 Å². The van der Waals surface area contributed by atoms with E-state index in [1.54, 1.807) is 49.5 Å². The molecule has 0 radical (unpaired) electrons. The first-order valence-electron chi connectivity index (χ1n) is 9.85. The predicted molar refractivity (Wildman–Crippen MR) is 121 cm³/mol. The van der Waals surface area contributed by atoms with E-state index in [1.807, 2.05) is 30.3 Å². The van der Waals surface area contributed by atoms with Gasteiger partial charge in [0, 0.05) is 43.2 Å². The number of hydrogen-bond donors (Lipinski definition) is 0. The summed E-state index contributed by atoms with van der Waals surface area (Å²) in [5, 5.41) is 1.22. The lowest BCUT2D eigenvalue weighted by Crippen LogP contribution is -2.49. The Labute approximate surface area is 183 Å². The highest BCUT2D eigenvalue weighted by atomic mass is 32.2. The highest BCUT2D eigenvalue weighted by Crippen LogP contribution is 2.25. The summed E-state index contributed by atoms with van der Waals surface area (Å²) < 4.78 is 37.1. The second-order valence-corrected chi connectivity index (χ2v) is 8.74. The molecule has 7 nitrogen and oxygen atoms in total. The molecule has 0 saturated carbocycles. The Morgan fingerprint density at radius 1 is 0.935 bits per heavy atom. The summed E-state index contributed by atoms with van der Waals surface area (Å²) in [4.78, 5) is 14.2. The van der Waals surface area contributed by atoms with Gasteiger partial charge in [0.25, 0.3) is 0 Å². The van der Waals surface area contributed by atoms with Crippen molar-refractivity contribution in [1.82, 2.24) is 9.21 Å². The van der Waals surface area contributed by atoms with Crippen molar-refractivity contribution in [2.75, 3.05) is 40.4 Å². The number of rotatable bonds is 7. The Kier molecular flexibility index (Phi) is 7.49. The molecule has 1 fully saturated rings. The monoisotopic (exact) mass is 442 g/mol. The number of methoxy groups -OCH3 is 2. The van der Waals surface area contributed by atoms with Crippen LogP contribution in [0.4, 0.5) is 0 Å². The fourth-order valence-electron chi connectivity index (χ4n) is 3.21. The van der Waals surface area contributed by atoms with E-state index in [0.717, 1.165) is 11.1 Å². The van der Waals surface area contributed by atoms with E-state index < -0.39 is 10.0 Å². The molecular formula is C23H26N2O5S. The number of benzene rings is 2. The average molecular weight is 443 g/mol. The summed E-state index contributed by atoms with van der Waals surface area (Å²) >= 11 is 0. The van der Waals surface area contributed by atoms with E-state index in [2.05, 4.69) is 0 Å². The predicted octanol–water partition coefficient (Wildman–Crippen LogP) is 2.86. The van der Waals surface area contributed by atoms with Gasteiger partial charge in [0.2, 0.25) is 15.9 Å². The van der Waals surface area contributed by atoms with Crippen molar-refractivity contribution in [2.45, 2.75) is 0 Å². The van der Waals surface area contributed by atoms with E-state index in [0.29, 0.717) is 24.6 Å². The molecule has 0 aliphatic carbocycles. The maximum absolute atomic E-state index is 12.6. The normalized spacial score (nSPS) is 15.5. The summed E-state index contributed by atoms with van der Waals surface area (Å²) in [7, 11) is -0.401. The van der Waals surface area contributed by atoms with Crippen molar-refractivity contribution in [3.63, 3.8) is 0 Å². The van der Waals surface area contributed by atoms with E-state index >= 15 is 0 Å². The first kappa shape index (κ1) is 22.6. The summed E-state index contributed by atoms with van der Waals surface area (Å²) in [6.45, 7) is 1.17. The molecule has 8 heteroatoms. The van der Waals surface area contributed by atoms with Crippen LogP contribution in [-0.4, -0.2) is 63.9 Å². The van der Waals surface area contributed by atoms with Crippen LogP contribution in [0.5, 0.6) is 11.5 Å². The van der Waals surface area contributed by atoms with Gasteiger partial charge in [-0.25, -0.2) is 8.42 Å². The largest absolute Gasteiger partial charge is 0.497 e. The van der Waals surface area contributed by atoms with E-state index in [4.69, 9.17) is 9.47 Å². The number of carbonyl (C=O) groups excluding carboxylic acids is 1. The van der Waals surface area contributed by atoms with Crippen LogP contribution in [0.3, 0.4) is 0 Å². The van der Waals surface area contributed by atoms with Gasteiger partial charge in [0.05, 0.1) is 14.2 Å². The van der Waals surface area contributed by atoms with Crippen molar-refractivity contribution < 1.29 is 22.7 Å². The SMILES string of the molecule is COc1ccc(OC)c(/C=C/C(=O)N2CCN(S(=O)(=O)/C=C/c3ccccc3)CC2)c1. The standard InChI is InChI=1S/C23H26N2O5S/c1-29-21-9-10-22(30-2)20(18-21)8-11-23(26)24-13-15-25(16-14-24)31(27,28)17-12-19-6-4-3-5-7-19/h3-12,17-18H,13-16H2,1-2H3/b11-8+,17-12+. The Morgan fingerprint density at radius 3 is 2.29 bits per heavy atom. The minimum absolute atomic E-state index is 0.179. The number of nitrogens with zero attached hydrogens (tertiary/aromatic N) is 2. The van der Waals surface area contributed by atoms with Crippen LogP contribution in [0.25, 0.3) is 12.2 Å². The van der Waals surface area contributed by atoms with Gasteiger partial charge in [-0.15, -0.1) is 0 Å². The number of carbonyl (C=O) groups is 1. The van der Waals surface area contributed by atoms with Crippen molar-refractivity contribution in [3.05, 3.63) is 71.1 Å². The molecule has 0 aromatic heterocycles. The number of hydrogen-bond acceptors (Lipinski definition) is 5. The topological polar surface area (TPSA) is 76.2 Å². The van der Waals surface area contributed by atoms with Crippen LogP contribution in [0, 0.1) is 0 Å². The van der Waals surface area contributed by atoms with Crippen LogP contribution in [-0.2, 0) is 14.8 Å². The van der Waals surface area contributed by atoms with Crippen molar-refractivity contribution in [2.24, 2.45) is 0 Å². The summed E-state index contributed by atoms with van der Waals surface area (Å²) in [5.74, 6) is 1.11. The minimum atomic E-state index is -3.54. The lowest BCUT2D eigenvalue weighted by molar-refractivity contribution is -0.127. The van der Waals surface area contributed by atoms with E-state index in [9.17, 15) is 13.2 Å². The maximum Gasteiger partial charge on any atom is 0.246 e. The Hall–Kier alpha value is -3.10. The van der Waals surface area contributed by atoms with Gasteiger partial charge in [0.1, 0.15) is 11.5 Å². The summed E-state index contributed by atoms with van der Waals surface area (Å²) in [5.41, 5.74) is 1.54. The van der Waals surface area contributed by atoms with Gasteiger partial charge in [0.15, 0.2) is 0 Å². The van der Waals surface area contributed by atoms with Crippen LogP contribution >= 0.6 is 0 Å². The molecule has 1 amide bonds. The summed E-state index contributed by atoms with van der Waals surface area (Å²) in [6, 6.07) is 14.6. The van der Waals surface area contributed by atoms with Crippen LogP contribution in [0.1, 0.15) is 11.1 Å². The molecule has 3 rings (SSSR count). The highest BCUT2D eigenvalue weighted by molar-refractivity contribution is 7.92. The Balaban J connectivity index is 1.60. The molecule has 0 bridgehead atoms. The third-order valence-corrected chi connectivity index (χ3v) is 6.55. The number of ether oxygens (including phenoxy) is 2. The molecule has 1 saturated heterocycles.